The Bertz CT molecular complexity index is 1290. The molecule has 2 aromatic carbocycles. The number of aromatic amines is 1. The number of ether oxygens (including phenoxy) is 1. The van der Waals surface area contributed by atoms with Gasteiger partial charge in [0.2, 0.25) is 0 Å². The number of amides is 1. The van der Waals surface area contributed by atoms with Crippen LogP contribution in [-0.4, -0.2) is 24.0 Å². The van der Waals surface area contributed by atoms with Crippen molar-refractivity contribution < 1.29 is 18.3 Å². The van der Waals surface area contributed by atoms with Gasteiger partial charge in [-0.25, -0.2) is 9.18 Å². The Balaban J connectivity index is 1.33. The number of halogens is 1. The van der Waals surface area contributed by atoms with Crippen LogP contribution in [-0.2, 0) is 17.6 Å². The molecule has 0 saturated heterocycles. The molecule has 0 aliphatic heterocycles. The summed E-state index contributed by atoms with van der Waals surface area (Å²) in [4.78, 5) is 27.0. The molecule has 31 heavy (non-hydrogen) atoms. The summed E-state index contributed by atoms with van der Waals surface area (Å²) in [5.74, 6) is -0.113. The first-order valence-electron chi connectivity index (χ1n) is 10.3. The smallest absolute Gasteiger partial charge is 0.336 e. The number of fused-ring (bicyclic) bond motifs is 2. The summed E-state index contributed by atoms with van der Waals surface area (Å²) in [6, 6.07) is 11.3. The summed E-state index contributed by atoms with van der Waals surface area (Å²) in [6.07, 6.45) is 4.09. The van der Waals surface area contributed by atoms with Gasteiger partial charge in [0.05, 0.1) is 0 Å². The van der Waals surface area contributed by atoms with E-state index in [-0.39, 0.29) is 18.3 Å². The molecule has 0 radical (unpaired) electrons. The van der Waals surface area contributed by atoms with Gasteiger partial charge >= 0.3 is 5.63 Å². The Morgan fingerprint density at radius 3 is 2.81 bits per heavy atom. The second kappa shape index (κ2) is 9.04. The van der Waals surface area contributed by atoms with E-state index in [4.69, 9.17) is 9.15 Å². The Kier molecular flexibility index (Phi) is 6.02. The third-order valence-corrected chi connectivity index (χ3v) is 5.14. The molecule has 7 heteroatoms. The Labute approximate surface area is 178 Å². The summed E-state index contributed by atoms with van der Waals surface area (Å²) < 4.78 is 24.3. The van der Waals surface area contributed by atoms with E-state index in [2.05, 4.69) is 10.3 Å². The van der Waals surface area contributed by atoms with Crippen molar-refractivity contribution in [3.8, 4) is 5.75 Å². The minimum absolute atomic E-state index is 0.160. The second-order valence-corrected chi connectivity index (χ2v) is 7.39. The molecule has 2 N–H and O–H groups in total. The van der Waals surface area contributed by atoms with Gasteiger partial charge in [0.1, 0.15) is 17.1 Å². The standard InChI is InChI=1S/C24H23FN2O4/c1-2-3-15-10-24(29)31-22-12-18(5-6-19(15)22)30-14-23(28)26-9-8-16-13-27-21-7-4-17(25)11-20(16)21/h4-7,10-13,27H,2-3,8-9,14H2,1H3,(H,26,28). The Morgan fingerprint density at radius 2 is 1.97 bits per heavy atom. The van der Waals surface area contributed by atoms with Crippen LogP contribution in [0.4, 0.5) is 4.39 Å². The molecule has 6 nitrogen and oxygen atoms in total. The van der Waals surface area contributed by atoms with Crippen LogP contribution in [0.25, 0.3) is 21.9 Å². The van der Waals surface area contributed by atoms with Crippen LogP contribution in [0, 0.1) is 5.82 Å². The fourth-order valence-corrected chi connectivity index (χ4v) is 3.67. The minimum Gasteiger partial charge on any atom is -0.484 e. The molecule has 0 aliphatic rings. The van der Waals surface area contributed by atoms with E-state index in [0.29, 0.717) is 24.3 Å². The summed E-state index contributed by atoms with van der Waals surface area (Å²) in [5, 5.41) is 4.48. The van der Waals surface area contributed by atoms with Crippen LogP contribution in [0.5, 0.6) is 5.75 Å². The van der Waals surface area contributed by atoms with Crippen molar-refractivity contribution in [3.05, 3.63) is 76.0 Å². The van der Waals surface area contributed by atoms with Crippen LogP contribution in [0.1, 0.15) is 24.5 Å². The lowest BCUT2D eigenvalue weighted by atomic mass is 10.1. The molecule has 2 heterocycles. The average Bonchev–Trinajstić information content (AvgIpc) is 3.14. The number of carbonyl (C=O) groups is 1. The molecule has 2 aromatic heterocycles. The zero-order valence-corrected chi connectivity index (χ0v) is 17.2. The minimum atomic E-state index is -0.400. The normalized spacial score (nSPS) is 11.2. The van der Waals surface area contributed by atoms with Crippen LogP contribution in [0.3, 0.4) is 0 Å². The summed E-state index contributed by atoms with van der Waals surface area (Å²) in [5.41, 5.74) is 2.78. The first kappa shape index (κ1) is 20.7. The molecule has 0 bridgehead atoms. The second-order valence-electron chi connectivity index (χ2n) is 7.39. The van der Waals surface area contributed by atoms with Crippen LogP contribution < -0.4 is 15.7 Å². The van der Waals surface area contributed by atoms with E-state index in [9.17, 15) is 14.0 Å². The highest BCUT2D eigenvalue weighted by Gasteiger charge is 2.09. The monoisotopic (exact) mass is 422 g/mol. The van der Waals surface area contributed by atoms with Crippen LogP contribution >= 0.6 is 0 Å². The molecule has 160 valence electrons. The van der Waals surface area contributed by atoms with Gasteiger partial charge in [0.15, 0.2) is 6.61 Å². The maximum absolute atomic E-state index is 13.5. The van der Waals surface area contributed by atoms with Gasteiger partial charge in [0.25, 0.3) is 5.91 Å². The number of H-pyrrole nitrogens is 1. The molecular weight excluding hydrogens is 399 g/mol. The fraction of sp³-hybridized carbons (Fsp3) is 0.250. The van der Waals surface area contributed by atoms with E-state index in [1.807, 2.05) is 19.2 Å². The largest absolute Gasteiger partial charge is 0.484 e. The number of aryl methyl sites for hydroxylation is 1. The number of carbonyl (C=O) groups excluding carboxylic acids is 1. The number of hydrogen-bond acceptors (Lipinski definition) is 4. The molecule has 0 fully saturated rings. The number of rotatable bonds is 8. The average molecular weight is 422 g/mol. The fourth-order valence-electron chi connectivity index (χ4n) is 3.67. The van der Waals surface area contributed by atoms with Crippen LogP contribution in [0.2, 0.25) is 0 Å². The highest BCUT2D eigenvalue weighted by Crippen LogP contribution is 2.23. The quantitative estimate of drug-likeness (QED) is 0.419. The number of nitrogens with one attached hydrogen (secondary N) is 2. The first-order valence-corrected chi connectivity index (χ1v) is 10.3. The topological polar surface area (TPSA) is 84.3 Å². The van der Waals surface area contributed by atoms with E-state index in [0.717, 1.165) is 40.3 Å². The Hall–Kier alpha value is -3.61. The third kappa shape index (κ3) is 4.77. The Morgan fingerprint density at radius 1 is 1.10 bits per heavy atom. The lowest BCUT2D eigenvalue weighted by Gasteiger charge is -2.09. The summed E-state index contributed by atoms with van der Waals surface area (Å²) in [6.45, 7) is 2.29. The zero-order chi connectivity index (χ0) is 21.8. The number of hydrogen-bond donors (Lipinski definition) is 2. The van der Waals surface area contributed by atoms with Crippen LogP contribution in [0.15, 0.2) is 57.9 Å². The van der Waals surface area contributed by atoms with E-state index in [1.165, 1.54) is 18.2 Å². The lowest BCUT2D eigenvalue weighted by Crippen LogP contribution is -2.30. The summed E-state index contributed by atoms with van der Waals surface area (Å²) in [7, 11) is 0. The van der Waals surface area contributed by atoms with Gasteiger partial charge in [-0.2, -0.15) is 0 Å². The van der Waals surface area contributed by atoms with E-state index < -0.39 is 5.63 Å². The maximum Gasteiger partial charge on any atom is 0.336 e. The van der Waals surface area contributed by atoms with Gasteiger partial charge in [-0.05, 0) is 54.3 Å². The highest BCUT2D eigenvalue weighted by atomic mass is 19.1. The summed E-state index contributed by atoms with van der Waals surface area (Å²) >= 11 is 0. The van der Waals surface area contributed by atoms with Crippen molar-refractivity contribution in [2.24, 2.45) is 0 Å². The molecule has 0 unspecified atom stereocenters. The zero-order valence-electron chi connectivity index (χ0n) is 17.2. The van der Waals surface area contributed by atoms with Crippen molar-refractivity contribution in [2.75, 3.05) is 13.2 Å². The SMILES string of the molecule is CCCc1cc(=O)oc2cc(OCC(=O)NCCc3c[nH]c4ccc(F)cc34)ccc12. The van der Waals surface area contributed by atoms with E-state index >= 15 is 0 Å². The highest BCUT2D eigenvalue weighted by molar-refractivity contribution is 5.84. The molecule has 1 amide bonds. The van der Waals surface area contributed by atoms with Crippen molar-refractivity contribution in [2.45, 2.75) is 26.2 Å². The third-order valence-electron chi connectivity index (χ3n) is 5.14. The molecule has 0 saturated carbocycles. The van der Waals surface area contributed by atoms with Gasteiger partial charge in [-0.15, -0.1) is 0 Å². The predicted molar refractivity (Wildman–Crippen MR) is 117 cm³/mol. The molecular formula is C24H23FN2O4. The molecule has 0 spiro atoms. The molecule has 4 aromatic rings. The maximum atomic E-state index is 13.5. The lowest BCUT2D eigenvalue weighted by molar-refractivity contribution is -0.123. The van der Waals surface area contributed by atoms with Crippen molar-refractivity contribution >= 4 is 27.8 Å². The first-order chi connectivity index (χ1) is 15.0. The van der Waals surface area contributed by atoms with Crippen molar-refractivity contribution in [1.82, 2.24) is 10.3 Å². The van der Waals surface area contributed by atoms with Gasteiger partial charge in [0, 0.05) is 41.2 Å². The van der Waals surface area contributed by atoms with Gasteiger partial charge in [-0.3, -0.25) is 4.79 Å². The molecule has 0 aliphatic carbocycles. The van der Waals surface area contributed by atoms with Crippen molar-refractivity contribution in [3.63, 3.8) is 0 Å². The predicted octanol–water partition coefficient (Wildman–Crippen LogP) is 4.10. The van der Waals surface area contributed by atoms with E-state index in [1.54, 1.807) is 18.2 Å². The van der Waals surface area contributed by atoms with Gasteiger partial charge in [-0.1, -0.05) is 13.3 Å². The van der Waals surface area contributed by atoms with Crippen molar-refractivity contribution in [1.29, 1.82) is 0 Å². The molecule has 0 atom stereocenters. The number of aromatic nitrogens is 1. The van der Waals surface area contributed by atoms with Gasteiger partial charge < -0.3 is 19.5 Å². The molecule has 4 rings (SSSR count). The number of benzene rings is 2.